The first kappa shape index (κ1) is 17.3. The molecule has 0 aromatic carbocycles. The second-order valence-electron chi connectivity index (χ2n) is 8.09. The Morgan fingerprint density at radius 3 is 2.64 bits per heavy atom. The monoisotopic (exact) mass is 372 g/mol. The van der Waals surface area contributed by atoms with Gasteiger partial charge in [0.1, 0.15) is 12.2 Å². The minimum absolute atomic E-state index is 0.0994. The van der Waals surface area contributed by atoms with Gasteiger partial charge in [0.05, 0.1) is 17.1 Å². The molecule has 0 radical (unpaired) electrons. The van der Waals surface area contributed by atoms with Crippen LogP contribution in [0.4, 0.5) is 0 Å². The van der Waals surface area contributed by atoms with Gasteiger partial charge in [-0.3, -0.25) is 14.1 Å². The Bertz CT molecular complexity index is 672. The molecule has 2 aliphatic heterocycles. The fraction of sp³-hybridized carbons (Fsp3) is 0.882. The Morgan fingerprint density at radius 1 is 1.12 bits per heavy atom. The van der Waals surface area contributed by atoms with Gasteiger partial charge in [-0.15, -0.1) is 0 Å². The van der Waals surface area contributed by atoms with Crippen molar-refractivity contribution >= 4 is 22.1 Å². The van der Waals surface area contributed by atoms with E-state index >= 15 is 0 Å². The molecule has 0 aromatic rings. The van der Waals surface area contributed by atoms with E-state index in [-0.39, 0.29) is 24.2 Å². The van der Waals surface area contributed by atoms with Crippen molar-refractivity contribution in [1.82, 2.24) is 0 Å². The van der Waals surface area contributed by atoms with Crippen molar-refractivity contribution in [3.8, 4) is 0 Å². The van der Waals surface area contributed by atoms with Gasteiger partial charge >= 0.3 is 11.9 Å². The van der Waals surface area contributed by atoms with Gasteiger partial charge in [0.2, 0.25) is 0 Å². The molecule has 7 nitrogen and oxygen atoms in total. The highest BCUT2D eigenvalue weighted by molar-refractivity contribution is 7.86. The van der Waals surface area contributed by atoms with E-state index in [2.05, 4.69) is 0 Å². The molecule has 1 N–H and O–H groups in total. The normalized spacial score (nSPS) is 43.4. The molecule has 3 saturated carbocycles. The molecule has 0 amide bonds. The first-order valence-electron chi connectivity index (χ1n) is 9.20. The number of rotatable bonds is 3. The largest absolute Gasteiger partial charge is 0.458 e. The second-order valence-corrected chi connectivity index (χ2v) is 9.72. The third kappa shape index (κ3) is 3.18. The Morgan fingerprint density at radius 2 is 1.88 bits per heavy atom. The summed E-state index contributed by atoms with van der Waals surface area (Å²) >= 11 is 0. The lowest BCUT2D eigenvalue weighted by molar-refractivity contribution is -0.176. The van der Waals surface area contributed by atoms with Crippen LogP contribution in [0.5, 0.6) is 0 Å². The van der Waals surface area contributed by atoms with Crippen molar-refractivity contribution in [3.63, 3.8) is 0 Å². The van der Waals surface area contributed by atoms with Gasteiger partial charge in [0, 0.05) is 5.92 Å². The van der Waals surface area contributed by atoms with Gasteiger partial charge < -0.3 is 9.47 Å². The average Bonchev–Trinajstić information content (AvgIpc) is 2.72. The first-order valence-corrected chi connectivity index (χ1v) is 10.7. The van der Waals surface area contributed by atoms with Crippen molar-refractivity contribution < 1.29 is 32.0 Å². The van der Waals surface area contributed by atoms with Gasteiger partial charge in [0.25, 0.3) is 10.1 Å². The highest BCUT2D eigenvalue weighted by atomic mass is 32.2. The molecule has 0 spiro atoms. The first-order chi connectivity index (χ1) is 11.8. The van der Waals surface area contributed by atoms with Crippen molar-refractivity contribution in [1.29, 1.82) is 0 Å². The maximum absolute atomic E-state index is 12.7. The van der Waals surface area contributed by atoms with Crippen molar-refractivity contribution in [2.24, 2.45) is 23.7 Å². The quantitative estimate of drug-likeness (QED) is 0.593. The third-order valence-electron chi connectivity index (χ3n) is 6.48. The molecule has 2 heterocycles. The number of hydrogen-bond donors (Lipinski definition) is 1. The van der Waals surface area contributed by atoms with Crippen LogP contribution in [0.25, 0.3) is 0 Å². The summed E-state index contributed by atoms with van der Waals surface area (Å²) in [6, 6.07) is 0. The predicted octanol–water partition coefficient (Wildman–Crippen LogP) is 1.71. The van der Waals surface area contributed by atoms with Crippen LogP contribution in [0.2, 0.25) is 0 Å². The molecular formula is C17H24O7S. The molecule has 4 bridgehead atoms. The van der Waals surface area contributed by atoms with Gasteiger partial charge in [-0.2, -0.15) is 8.42 Å². The average molecular weight is 372 g/mol. The van der Waals surface area contributed by atoms with Crippen LogP contribution >= 0.6 is 0 Å². The van der Waals surface area contributed by atoms with Gasteiger partial charge in [0.15, 0.2) is 0 Å². The summed E-state index contributed by atoms with van der Waals surface area (Å²) in [7, 11) is -4.28. The molecule has 2 saturated heterocycles. The molecule has 5 fully saturated rings. The minimum Gasteiger partial charge on any atom is -0.458 e. The summed E-state index contributed by atoms with van der Waals surface area (Å²) in [5.74, 6) is -1.16. The van der Waals surface area contributed by atoms with Crippen molar-refractivity contribution in [2.45, 2.75) is 68.8 Å². The topological polar surface area (TPSA) is 107 Å². The minimum atomic E-state index is -4.28. The standard InChI is InChI=1S/C17H24O7S/c18-16-11-6-9-5-10(8-11)15(13(7-9)23-16)24-17(19)12-3-1-2-4-14(12)25(20,21)22/h9-15H,1-8H2,(H,20,21,22). The zero-order valence-electron chi connectivity index (χ0n) is 14.0. The molecule has 5 aliphatic rings. The second kappa shape index (κ2) is 6.23. The number of esters is 2. The Balaban J connectivity index is 1.51. The van der Waals surface area contributed by atoms with E-state index in [1.807, 2.05) is 0 Å². The van der Waals surface area contributed by atoms with Crippen LogP contribution < -0.4 is 0 Å². The molecule has 3 aliphatic carbocycles. The summed E-state index contributed by atoms with van der Waals surface area (Å²) in [6.45, 7) is 0. The van der Waals surface area contributed by atoms with Gasteiger partial charge in [-0.05, 0) is 44.4 Å². The summed E-state index contributed by atoms with van der Waals surface area (Å²) in [6.07, 6.45) is 4.35. The lowest BCUT2D eigenvalue weighted by atomic mass is 9.67. The van der Waals surface area contributed by atoms with Crippen LogP contribution in [0, 0.1) is 23.7 Å². The molecule has 140 valence electrons. The third-order valence-corrected chi connectivity index (χ3v) is 7.81. The van der Waals surface area contributed by atoms with E-state index in [1.165, 1.54) is 0 Å². The van der Waals surface area contributed by atoms with E-state index in [0.29, 0.717) is 31.6 Å². The van der Waals surface area contributed by atoms with E-state index in [0.717, 1.165) is 19.3 Å². The maximum Gasteiger partial charge on any atom is 0.310 e. The van der Waals surface area contributed by atoms with Gasteiger partial charge in [-0.1, -0.05) is 12.8 Å². The van der Waals surface area contributed by atoms with E-state index in [1.54, 1.807) is 0 Å². The summed E-state index contributed by atoms with van der Waals surface area (Å²) in [4.78, 5) is 24.8. The van der Waals surface area contributed by atoms with E-state index < -0.39 is 39.5 Å². The highest BCUT2D eigenvalue weighted by Gasteiger charge is 2.52. The summed E-state index contributed by atoms with van der Waals surface area (Å²) < 4.78 is 43.9. The fourth-order valence-corrected chi connectivity index (χ4v) is 6.51. The van der Waals surface area contributed by atoms with Crippen molar-refractivity contribution in [2.75, 3.05) is 0 Å². The Kier molecular flexibility index (Phi) is 4.30. The lowest BCUT2D eigenvalue weighted by Crippen LogP contribution is -2.47. The SMILES string of the molecule is O=C1OC2CC3CC1CC(C3)C2OC(=O)C1CCCCC1S(=O)(=O)O. The highest BCUT2D eigenvalue weighted by Crippen LogP contribution is 2.48. The number of hydrogen-bond acceptors (Lipinski definition) is 6. The number of fused-ring (bicyclic) bond motifs is 1. The molecule has 25 heavy (non-hydrogen) atoms. The fourth-order valence-electron chi connectivity index (χ4n) is 5.38. The van der Waals surface area contributed by atoms with Crippen LogP contribution in [0.1, 0.15) is 51.4 Å². The Hall–Kier alpha value is -1.15. The van der Waals surface area contributed by atoms with Crippen LogP contribution in [0.15, 0.2) is 0 Å². The number of ether oxygens (including phenoxy) is 2. The molecule has 7 unspecified atom stereocenters. The summed E-state index contributed by atoms with van der Waals surface area (Å²) in [5, 5.41) is -1.09. The maximum atomic E-state index is 12.7. The number of carbonyl (C=O) groups excluding carboxylic acids is 2. The zero-order valence-corrected chi connectivity index (χ0v) is 14.8. The smallest absolute Gasteiger partial charge is 0.310 e. The molecule has 8 heteroatoms. The predicted molar refractivity (Wildman–Crippen MR) is 86.0 cm³/mol. The van der Waals surface area contributed by atoms with Gasteiger partial charge in [-0.25, -0.2) is 0 Å². The zero-order chi connectivity index (χ0) is 17.8. The molecular weight excluding hydrogens is 348 g/mol. The van der Waals surface area contributed by atoms with Crippen molar-refractivity contribution in [3.05, 3.63) is 0 Å². The number of carbonyl (C=O) groups is 2. The molecule has 7 atom stereocenters. The lowest BCUT2D eigenvalue weighted by Gasteiger charge is -2.42. The Labute approximate surface area is 147 Å². The van der Waals surface area contributed by atoms with Crippen LogP contribution in [0.3, 0.4) is 0 Å². The van der Waals surface area contributed by atoms with Crippen LogP contribution in [-0.4, -0.2) is 42.4 Å². The van der Waals surface area contributed by atoms with Crippen LogP contribution in [-0.2, 0) is 29.2 Å². The summed E-state index contributed by atoms with van der Waals surface area (Å²) in [5.41, 5.74) is 0. The molecule has 0 aromatic heterocycles. The van der Waals surface area contributed by atoms with E-state index in [4.69, 9.17) is 9.47 Å². The van der Waals surface area contributed by atoms with E-state index in [9.17, 15) is 22.6 Å². The molecule has 5 rings (SSSR count).